The second kappa shape index (κ2) is 10.3. The zero-order valence-electron chi connectivity index (χ0n) is 17.1. The zero-order chi connectivity index (χ0) is 20.6. The van der Waals surface area contributed by atoms with Gasteiger partial charge in [-0.1, -0.05) is 25.3 Å². The minimum absolute atomic E-state index is 0.0615. The van der Waals surface area contributed by atoms with Crippen molar-refractivity contribution < 1.29 is 19.1 Å². The van der Waals surface area contributed by atoms with Gasteiger partial charge in [0.25, 0.3) is 0 Å². The van der Waals surface area contributed by atoms with Crippen LogP contribution in [0.25, 0.3) is 0 Å². The van der Waals surface area contributed by atoms with Crippen LogP contribution in [-0.4, -0.2) is 44.5 Å². The number of anilines is 1. The van der Waals surface area contributed by atoms with E-state index in [0.717, 1.165) is 18.5 Å². The Kier molecular flexibility index (Phi) is 7.49. The molecule has 3 amide bonds. The van der Waals surface area contributed by atoms with Gasteiger partial charge in [0, 0.05) is 44.2 Å². The highest BCUT2D eigenvalue weighted by Crippen LogP contribution is 2.28. The molecule has 2 fully saturated rings. The summed E-state index contributed by atoms with van der Waals surface area (Å²) < 4.78 is 5.20. The Bertz CT molecular complexity index is 731. The fraction of sp³-hybridized carbons (Fsp3) is 0.591. The SMILES string of the molecule is COc1cccc(N2CC(C(=O)NCCNC(=O)CC3CCCCC3)CC2=O)c1. The van der Waals surface area contributed by atoms with Crippen LogP contribution in [-0.2, 0) is 14.4 Å². The zero-order valence-corrected chi connectivity index (χ0v) is 17.1. The van der Waals surface area contributed by atoms with E-state index in [1.54, 1.807) is 18.1 Å². The van der Waals surface area contributed by atoms with Gasteiger partial charge in [-0.2, -0.15) is 0 Å². The lowest BCUT2D eigenvalue weighted by atomic mass is 9.87. The van der Waals surface area contributed by atoms with Gasteiger partial charge in [0.15, 0.2) is 0 Å². The summed E-state index contributed by atoms with van der Waals surface area (Å²) in [6.45, 7) is 1.14. The summed E-state index contributed by atoms with van der Waals surface area (Å²) in [5.41, 5.74) is 0.736. The summed E-state index contributed by atoms with van der Waals surface area (Å²) >= 11 is 0. The molecule has 1 aliphatic heterocycles. The highest BCUT2D eigenvalue weighted by Gasteiger charge is 2.35. The second-order valence-corrected chi connectivity index (χ2v) is 7.96. The van der Waals surface area contributed by atoms with E-state index in [2.05, 4.69) is 10.6 Å². The van der Waals surface area contributed by atoms with Crippen LogP contribution in [0.1, 0.15) is 44.9 Å². The highest BCUT2D eigenvalue weighted by atomic mass is 16.5. The fourth-order valence-corrected chi connectivity index (χ4v) is 4.17. The molecule has 1 atom stereocenters. The summed E-state index contributed by atoms with van der Waals surface area (Å²) in [5, 5.41) is 5.73. The van der Waals surface area contributed by atoms with Gasteiger partial charge in [-0.25, -0.2) is 0 Å². The van der Waals surface area contributed by atoms with Crippen molar-refractivity contribution in [1.82, 2.24) is 10.6 Å². The van der Waals surface area contributed by atoms with Gasteiger partial charge in [0.2, 0.25) is 17.7 Å². The lowest BCUT2D eigenvalue weighted by Gasteiger charge is -2.20. The number of amides is 3. The van der Waals surface area contributed by atoms with Gasteiger partial charge in [-0.05, 0) is 30.9 Å². The van der Waals surface area contributed by atoms with Crippen LogP contribution in [0.15, 0.2) is 24.3 Å². The van der Waals surface area contributed by atoms with Crippen LogP contribution in [0.4, 0.5) is 5.69 Å². The number of carbonyl (C=O) groups excluding carboxylic acids is 3. The molecule has 29 heavy (non-hydrogen) atoms. The molecule has 1 unspecified atom stereocenters. The number of carbonyl (C=O) groups is 3. The topological polar surface area (TPSA) is 87.7 Å². The third-order valence-electron chi connectivity index (χ3n) is 5.81. The van der Waals surface area contributed by atoms with Gasteiger partial charge < -0.3 is 20.3 Å². The highest BCUT2D eigenvalue weighted by molar-refractivity contribution is 6.00. The van der Waals surface area contributed by atoms with Crippen LogP contribution >= 0.6 is 0 Å². The van der Waals surface area contributed by atoms with E-state index in [-0.39, 0.29) is 30.1 Å². The monoisotopic (exact) mass is 401 g/mol. The average Bonchev–Trinajstić information content (AvgIpc) is 3.13. The largest absolute Gasteiger partial charge is 0.497 e. The fourth-order valence-electron chi connectivity index (χ4n) is 4.17. The van der Waals surface area contributed by atoms with Gasteiger partial charge in [0.1, 0.15) is 5.75 Å². The van der Waals surface area contributed by atoms with Gasteiger partial charge >= 0.3 is 0 Å². The number of ether oxygens (including phenoxy) is 1. The summed E-state index contributed by atoms with van der Waals surface area (Å²) in [7, 11) is 1.58. The van der Waals surface area contributed by atoms with Gasteiger partial charge in [-0.15, -0.1) is 0 Å². The van der Waals surface area contributed by atoms with E-state index < -0.39 is 0 Å². The van der Waals surface area contributed by atoms with Crippen LogP contribution < -0.4 is 20.3 Å². The maximum Gasteiger partial charge on any atom is 0.227 e. The number of hydrogen-bond donors (Lipinski definition) is 2. The molecular weight excluding hydrogens is 370 g/mol. The number of benzene rings is 1. The Labute approximate surface area is 172 Å². The Morgan fingerprint density at radius 1 is 1.14 bits per heavy atom. The van der Waals surface area contributed by atoms with Crippen molar-refractivity contribution >= 4 is 23.4 Å². The van der Waals surface area contributed by atoms with Crippen LogP contribution in [0.3, 0.4) is 0 Å². The molecule has 3 rings (SSSR count). The number of nitrogens with one attached hydrogen (secondary N) is 2. The number of nitrogens with zero attached hydrogens (tertiary/aromatic N) is 1. The van der Waals surface area contributed by atoms with Crippen molar-refractivity contribution in [1.29, 1.82) is 0 Å². The third-order valence-corrected chi connectivity index (χ3v) is 5.81. The van der Waals surface area contributed by atoms with E-state index >= 15 is 0 Å². The minimum atomic E-state index is -0.383. The molecule has 1 saturated heterocycles. The second-order valence-electron chi connectivity index (χ2n) is 7.96. The molecule has 2 aliphatic rings. The smallest absolute Gasteiger partial charge is 0.227 e. The first kappa shape index (κ1) is 21.1. The molecule has 1 saturated carbocycles. The minimum Gasteiger partial charge on any atom is -0.497 e. The standard InChI is InChI=1S/C22H31N3O4/c1-29-19-9-5-8-18(14-19)25-15-17(13-21(25)27)22(28)24-11-10-23-20(26)12-16-6-3-2-4-7-16/h5,8-9,14,16-17H,2-4,6-7,10-13,15H2,1H3,(H,23,26)(H,24,28). The molecule has 0 aromatic heterocycles. The number of rotatable bonds is 8. The molecule has 0 spiro atoms. The van der Waals surface area contributed by atoms with E-state index in [1.807, 2.05) is 18.2 Å². The lowest BCUT2D eigenvalue weighted by molar-refractivity contribution is -0.126. The first-order valence-electron chi connectivity index (χ1n) is 10.6. The molecular formula is C22H31N3O4. The Hall–Kier alpha value is -2.57. The molecule has 158 valence electrons. The molecule has 1 aromatic rings. The summed E-state index contributed by atoms with van der Waals surface area (Å²) in [5.74, 6) is 0.639. The summed E-state index contributed by atoms with van der Waals surface area (Å²) in [6.07, 6.45) is 6.79. The Morgan fingerprint density at radius 3 is 2.66 bits per heavy atom. The van der Waals surface area contributed by atoms with E-state index in [1.165, 1.54) is 19.3 Å². The molecule has 2 N–H and O–H groups in total. The van der Waals surface area contributed by atoms with Crippen LogP contribution in [0, 0.1) is 11.8 Å². The van der Waals surface area contributed by atoms with Crippen molar-refractivity contribution in [3.8, 4) is 5.75 Å². The van der Waals surface area contributed by atoms with Crippen LogP contribution in [0.2, 0.25) is 0 Å². The van der Waals surface area contributed by atoms with E-state index in [4.69, 9.17) is 4.74 Å². The number of methoxy groups -OCH3 is 1. The maximum absolute atomic E-state index is 12.4. The predicted octanol–water partition coefficient (Wildman–Crippen LogP) is 2.25. The Balaban J connectivity index is 1.38. The van der Waals surface area contributed by atoms with Gasteiger partial charge in [0.05, 0.1) is 13.0 Å². The normalized spacial score (nSPS) is 19.8. The maximum atomic E-state index is 12.4. The van der Waals surface area contributed by atoms with Crippen LogP contribution in [0.5, 0.6) is 5.75 Å². The van der Waals surface area contributed by atoms with Gasteiger partial charge in [-0.3, -0.25) is 14.4 Å². The van der Waals surface area contributed by atoms with E-state index in [0.29, 0.717) is 37.7 Å². The first-order valence-corrected chi connectivity index (χ1v) is 10.6. The molecule has 7 heteroatoms. The molecule has 0 bridgehead atoms. The summed E-state index contributed by atoms with van der Waals surface area (Å²) in [6, 6.07) is 7.27. The van der Waals surface area contributed by atoms with E-state index in [9.17, 15) is 14.4 Å². The molecule has 7 nitrogen and oxygen atoms in total. The predicted molar refractivity (Wildman–Crippen MR) is 111 cm³/mol. The van der Waals surface area contributed by atoms with Crippen molar-refractivity contribution in [2.24, 2.45) is 11.8 Å². The van der Waals surface area contributed by atoms with Crippen molar-refractivity contribution in [2.75, 3.05) is 31.6 Å². The number of hydrogen-bond acceptors (Lipinski definition) is 4. The summed E-state index contributed by atoms with van der Waals surface area (Å²) in [4.78, 5) is 38.4. The first-order chi connectivity index (χ1) is 14.1. The van der Waals surface area contributed by atoms with Crippen molar-refractivity contribution in [2.45, 2.75) is 44.9 Å². The third kappa shape index (κ3) is 5.95. The lowest BCUT2D eigenvalue weighted by Crippen LogP contribution is -2.38. The van der Waals surface area contributed by atoms with Crippen molar-refractivity contribution in [3.63, 3.8) is 0 Å². The molecule has 1 heterocycles. The molecule has 0 radical (unpaired) electrons. The quantitative estimate of drug-likeness (QED) is 0.654. The molecule has 1 aromatic carbocycles. The van der Waals surface area contributed by atoms with Crippen molar-refractivity contribution in [3.05, 3.63) is 24.3 Å². The average molecular weight is 402 g/mol. The molecule has 1 aliphatic carbocycles. The Morgan fingerprint density at radius 2 is 1.90 bits per heavy atom.